The van der Waals surface area contributed by atoms with Crippen molar-refractivity contribution in [1.82, 2.24) is 9.78 Å². The summed E-state index contributed by atoms with van der Waals surface area (Å²) in [5.41, 5.74) is 1.42. The lowest BCUT2D eigenvalue weighted by Gasteiger charge is -2.09. The maximum Gasteiger partial charge on any atom is 0.267 e. The molecular formula is C22H14Cl2N2O2. The summed E-state index contributed by atoms with van der Waals surface area (Å²) in [6.45, 7) is -0.207. The van der Waals surface area contributed by atoms with Crippen LogP contribution < -0.4 is 5.56 Å². The number of carbonyl (C=O) groups excluding carboxylic acids is 1. The number of hydrogen-bond donors (Lipinski definition) is 0. The number of carbonyl (C=O) groups is 1. The highest BCUT2D eigenvalue weighted by molar-refractivity contribution is 6.36. The van der Waals surface area contributed by atoms with Crippen LogP contribution >= 0.6 is 23.2 Å². The minimum absolute atomic E-state index is 0.207. The van der Waals surface area contributed by atoms with E-state index in [-0.39, 0.29) is 22.9 Å². The van der Waals surface area contributed by atoms with Crippen LogP contribution in [0.4, 0.5) is 0 Å². The van der Waals surface area contributed by atoms with Gasteiger partial charge in [-0.2, -0.15) is 5.10 Å². The molecule has 138 valence electrons. The highest BCUT2D eigenvalue weighted by Crippen LogP contribution is 2.23. The summed E-state index contributed by atoms with van der Waals surface area (Å²) >= 11 is 12.0. The SMILES string of the molecule is O=C(Cn1nc(-c2ccc3ccccc3c2)ccc1=O)c1ccc(Cl)cc1Cl. The molecule has 4 aromatic rings. The summed E-state index contributed by atoms with van der Waals surface area (Å²) < 4.78 is 1.15. The summed E-state index contributed by atoms with van der Waals surface area (Å²) in [6.07, 6.45) is 0. The van der Waals surface area contributed by atoms with Crippen molar-refractivity contribution in [3.63, 3.8) is 0 Å². The smallest absolute Gasteiger partial charge is 0.267 e. The van der Waals surface area contributed by atoms with E-state index in [1.54, 1.807) is 18.2 Å². The first-order valence-corrected chi connectivity index (χ1v) is 9.32. The van der Waals surface area contributed by atoms with Crippen molar-refractivity contribution in [2.24, 2.45) is 0 Å². The summed E-state index contributed by atoms with van der Waals surface area (Å²) in [4.78, 5) is 24.8. The average Bonchev–Trinajstić information content (AvgIpc) is 2.69. The molecule has 0 aliphatic rings. The molecule has 0 saturated carbocycles. The standard InChI is InChI=1S/C22H14Cl2N2O2/c23-17-7-8-18(19(24)12-17)21(27)13-26-22(28)10-9-20(25-26)16-6-5-14-3-1-2-4-15(14)11-16/h1-12H,13H2. The minimum atomic E-state index is -0.358. The van der Waals surface area contributed by atoms with E-state index >= 15 is 0 Å². The van der Waals surface area contributed by atoms with Gasteiger partial charge in [-0.15, -0.1) is 0 Å². The average molecular weight is 409 g/mol. The van der Waals surface area contributed by atoms with Crippen molar-refractivity contribution in [2.45, 2.75) is 6.54 Å². The van der Waals surface area contributed by atoms with Gasteiger partial charge in [-0.25, -0.2) is 4.68 Å². The Morgan fingerprint density at radius 3 is 2.46 bits per heavy atom. The van der Waals surface area contributed by atoms with E-state index < -0.39 is 0 Å². The normalized spacial score (nSPS) is 10.9. The summed E-state index contributed by atoms with van der Waals surface area (Å²) in [5, 5.41) is 7.25. The Hall–Kier alpha value is -2.95. The van der Waals surface area contributed by atoms with Gasteiger partial charge in [0.25, 0.3) is 5.56 Å². The van der Waals surface area contributed by atoms with Gasteiger partial charge in [0.05, 0.1) is 10.7 Å². The molecule has 3 aromatic carbocycles. The molecule has 4 nitrogen and oxygen atoms in total. The van der Waals surface area contributed by atoms with Gasteiger partial charge in [-0.3, -0.25) is 9.59 Å². The molecule has 0 atom stereocenters. The molecule has 28 heavy (non-hydrogen) atoms. The summed E-state index contributed by atoms with van der Waals surface area (Å²) in [6, 6.07) is 21.6. The molecule has 0 bridgehead atoms. The van der Waals surface area contributed by atoms with Crippen LogP contribution in [0.15, 0.2) is 77.6 Å². The topological polar surface area (TPSA) is 52.0 Å². The fourth-order valence-corrected chi connectivity index (χ4v) is 3.52. The molecule has 0 amide bonds. The van der Waals surface area contributed by atoms with Gasteiger partial charge in [0.1, 0.15) is 6.54 Å². The third-order valence-electron chi connectivity index (χ3n) is 4.44. The molecule has 0 aliphatic heterocycles. The van der Waals surface area contributed by atoms with E-state index in [4.69, 9.17) is 23.2 Å². The van der Waals surface area contributed by atoms with Gasteiger partial charge < -0.3 is 0 Å². The Kier molecular flexibility index (Phi) is 4.99. The summed E-state index contributed by atoms with van der Waals surface area (Å²) in [5.74, 6) is -0.313. The lowest BCUT2D eigenvalue weighted by molar-refractivity contribution is 0.0966. The molecule has 0 radical (unpaired) electrons. The number of halogens is 2. The van der Waals surface area contributed by atoms with Crippen LogP contribution in [0.3, 0.4) is 0 Å². The van der Waals surface area contributed by atoms with E-state index in [9.17, 15) is 9.59 Å². The van der Waals surface area contributed by atoms with Crippen molar-refractivity contribution in [2.75, 3.05) is 0 Å². The third-order valence-corrected chi connectivity index (χ3v) is 4.98. The van der Waals surface area contributed by atoms with E-state index in [1.165, 1.54) is 12.1 Å². The van der Waals surface area contributed by atoms with Crippen LogP contribution in [-0.2, 0) is 6.54 Å². The van der Waals surface area contributed by atoms with Gasteiger partial charge in [0.15, 0.2) is 5.78 Å². The Labute approximate surface area is 171 Å². The molecule has 0 aliphatic carbocycles. The lowest BCUT2D eigenvalue weighted by atomic mass is 10.1. The van der Waals surface area contributed by atoms with Crippen LogP contribution in [0, 0.1) is 0 Å². The number of rotatable bonds is 4. The second-order valence-electron chi connectivity index (χ2n) is 6.32. The van der Waals surface area contributed by atoms with Gasteiger partial charge in [-0.1, -0.05) is 59.6 Å². The highest BCUT2D eigenvalue weighted by atomic mass is 35.5. The van der Waals surface area contributed by atoms with Gasteiger partial charge in [0.2, 0.25) is 0 Å². The van der Waals surface area contributed by atoms with E-state index in [0.29, 0.717) is 16.3 Å². The predicted molar refractivity (Wildman–Crippen MR) is 112 cm³/mol. The number of hydrogen-bond acceptors (Lipinski definition) is 3. The Morgan fingerprint density at radius 1 is 0.893 bits per heavy atom. The molecule has 4 rings (SSSR count). The molecule has 1 aromatic heterocycles. The number of aromatic nitrogens is 2. The fraction of sp³-hybridized carbons (Fsp3) is 0.0455. The zero-order valence-corrected chi connectivity index (χ0v) is 16.1. The predicted octanol–water partition coefficient (Wildman–Crippen LogP) is 5.25. The van der Waals surface area contributed by atoms with Gasteiger partial charge in [0, 0.05) is 22.2 Å². The first-order valence-electron chi connectivity index (χ1n) is 8.57. The lowest BCUT2D eigenvalue weighted by Crippen LogP contribution is -2.26. The number of ketones is 1. The van der Waals surface area contributed by atoms with E-state index in [2.05, 4.69) is 5.10 Å². The Morgan fingerprint density at radius 2 is 1.68 bits per heavy atom. The number of nitrogens with zero attached hydrogens (tertiary/aromatic N) is 2. The Bertz CT molecular complexity index is 1260. The van der Waals surface area contributed by atoms with Crippen LogP contribution in [0.1, 0.15) is 10.4 Å². The van der Waals surface area contributed by atoms with Crippen molar-refractivity contribution in [3.8, 4) is 11.3 Å². The zero-order valence-electron chi connectivity index (χ0n) is 14.6. The molecule has 0 N–H and O–H groups in total. The third kappa shape index (κ3) is 3.70. The second-order valence-corrected chi connectivity index (χ2v) is 7.17. The van der Waals surface area contributed by atoms with Crippen LogP contribution in [0.25, 0.3) is 22.0 Å². The molecule has 6 heteroatoms. The largest absolute Gasteiger partial charge is 0.292 e. The van der Waals surface area contributed by atoms with Gasteiger partial charge >= 0.3 is 0 Å². The molecule has 0 fully saturated rings. The molecule has 0 unspecified atom stereocenters. The van der Waals surface area contributed by atoms with Crippen molar-refractivity contribution < 1.29 is 4.79 Å². The van der Waals surface area contributed by atoms with Crippen molar-refractivity contribution >= 4 is 39.8 Å². The van der Waals surface area contributed by atoms with E-state index in [0.717, 1.165) is 21.0 Å². The molecule has 0 saturated heterocycles. The highest BCUT2D eigenvalue weighted by Gasteiger charge is 2.14. The molecule has 1 heterocycles. The van der Waals surface area contributed by atoms with Crippen LogP contribution in [-0.4, -0.2) is 15.6 Å². The number of Topliss-reactive ketones (excluding diaryl/α,β-unsaturated/α-hetero) is 1. The molecule has 0 spiro atoms. The second kappa shape index (κ2) is 7.58. The first-order chi connectivity index (χ1) is 13.5. The van der Waals surface area contributed by atoms with Crippen LogP contribution in [0.5, 0.6) is 0 Å². The summed E-state index contributed by atoms with van der Waals surface area (Å²) in [7, 11) is 0. The minimum Gasteiger partial charge on any atom is -0.292 e. The van der Waals surface area contributed by atoms with Crippen LogP contribution in [0.2, 0.25) is 10.0 Å². The van der Waals surface area contributed by atoms with Crippen molar-refractivity contribution in [1.29, 1.82) is 0 Å². The maximum atomic E-state index is 12.6. The van der Waals surface area contributed by atoms with Gasteiger partial charge in [-0.05, 0) is 41.1 Å². The first kappa shape index (κ1) is 18.4. The maximum absolute atomic E-state index is 12.6. The van der Waals surface area contributed by atoms with Crippen molar-refractivity contribution in [3.05, 3.63) is 98.8 Å². The molecular weight excluding hydrogens is 395 g/mol. The monoisotopic (exact) mass is 408 g/mol. The van der Waals surface area contributed by atoms with E-state index in [1.807, 2.05) is 42.5 Å². The zero-order chi connectivity index (χ0) is 19.7. The quantitative estimate of drug-likeness (QED) is 0.433. The Balaban J connectivity index is 1.68. The number of benzene rings is 3. The fourth-order valence-electron chi connectivity index (χ4n) is 3.00. The number of fused-ring (bicyclic) bond motifs is 1.